The van der Waals surface area contributed by atoms with Gasteiger partial charge in [-0.25, -0.2) is 9.67 Å². The number of amides is 1. The minimum absolute atomic E-state index is 0.0126. The molecule has 1 N–H and O–H groups in total. The highest BCUT2D eigenvalue weighted by Gasteiger charge is 2.51. The molecule has 4 rings (SSSR count). The van der Waals surface area contributed by atoms with E-state index in [-0.39, 0.29) is 36.4 Å². The first-order valence-electron chi connectivity index (χ1n) is 10.5. The van der Waals surface area contributed by atoms with Gasteiger partial charge in [-0.3, -0.25) is 19.3 Å². The number of hydrogen-bond acceptors (Lipinski definition) is 7. The van der Waals surface area contributed by atoms with Gasteiger partial charge < -0.3 is 14.7 Å². The molecular formula is C20H31N5O5. The third-order valence-corrected chi connectivity index (χ3v) is 6.31. The molecule has 1 aromatic heterocycles. The van der Waals surface area contributed by atoms with E-state index in [0.717, 1.165) is 31.9 Å². The monoisotopic (exact) mass is 421 g/mol. The molecule has 1 amide bonds. The van der Waals surface area contributed by atoms with Crippen molar-refractivity contribution in [3.05, 3.63) is 11.6 Å². The quantitative estimate of drug-likeness (QED) is 0.555. The van der Waals surface area contributed by atoms with E-state index >= 15 is 0 Å². The zero-order valence-corrected chi connectivity index (χ0v) is 17.7. The highest BCUT2D eigenvalue weighted by atomic mass is 16.6. The molecule has 0 aliphatic carbocycles. The van der Waals surface area contributed by atoms with Crippen LogP contribution in [-0.2, 0) is 25.7 Å². The van der Waals surface area contributed by atoms with Crippen LogP contribution in [0, 0.1) is 19.3 Å². The van der Waals surface area contributed by atoms with Crippen molar-refractivity contribution in [2.75, 3.05) is 32.7 Å². The Balaban J connectivity index is 0.000000806. The molecule has 1 spiro atoms. The second-order valence-electron chi connectivity index (χ2n) is 8.37. The number of carbonyl (C=O) groups excluding carboxylic acids is 2. The van der Waals surface area contributed by atoms with Crippen LogP contribution >= 0.6 is 0 Å². The van der Waals surface area contributed by atoms with E-state index in [1.165, 1.54) is 12.8 Å². The van der Waals surface area contributed by atoms with Gasteiger partial charge in [-0.2, -0.15) is 5.10 Å². The summed E-state index contributed by atoms with van der Waals surface area (Å²) < 4.78 is 7.37. The number of nitrogens with zero attached hydrogens (tertiary/aromatic N) is 5. The van der Waals surface area contributed by atoms with Crippen molar-refractivity contribution >= 4 is 18.3 Å². The second-order valence-corrected chi connectivity index (χ2v) is 8.37. The molecule has 3 saturated heterocycles. The third kappa shape index (κ3) is 4.97. The Hall–Kier alpha value is -2.49. The molecule has 166 valence electrons. The van der Waals surface area contributed by atoms with Crippen LogP contribution in [0.1, 0.15) is 43.8 Å². The standard InChI is InChI=1S/C19H29N5O3.CH2O2/c1-14-20-15(2)24(21-14)13-17(25)23-9-5-19(6-10-23)11-16(27-18(19)26)12-22-7-3-4-8-22;2-1-3/h16H,3-13H2,1-2H3;1H,(H,2,3). The van der Waals surface area contributed by atoms with Crippen molar-refractivity contribution < 1.29 is 24.2 Å². The highest BCUT2D eigenvalue weighted by molar-refractivity contribution is 5.80. The first-order valence-corrected chi connectivity index (χ1v) is 10.5. The van der Waals surface area contributed by atoms with E-state index in [1.807, 2.05) is 18.7 Å². The van der Waals surface area contributed by atoms with Crippen molar-refractivity contribution in [2.24, 2.45) is 5.41 Å². The Morgan fingerprint density at radius 2 is 1.87 bits per heavy atom. The molecule has 0 aromatic carbocycles. The number of rotatable bonds is 4. The third-order valence-electron chi connectivity index (χ3n) is 6.31. The number of carbonyl (C=O) groups is 3. The smallest absolute Gasteiger partial charge is 0.312 e. The van der Waals surface area contributed by atoms with Crippen LogP contribution in [0.4, 0.5) is 0 Å². The molecular weight excluding hydrogens is 390 g/mol. The lowest BCUT2D eigenvalue weighted by Crippen LogP contribution is -2.46. The fourth-order valence-corrected chi connectivity index (χ4v) is 4.72. The first kappa shape index (κ1) is 22.2. The average molecular weight is 421 g/mol. The number of aromatic nitrogens is 3. The zero-order chi connectivity index (χ0) is 21.7. The molecule has 3 aliphatic rings. The Bertz CT molecular complexity index is 766. The minimum atomic E-state index is -0.388. The Kier molecular flexibility index (Phi) is 7.06. The molecule has 0 radical (unpaired) electrons. The van der Waals surface area contributed by atoms with E-state index < -0.39 is 0 Å². The van der Waals surface area contributed by atoms with Crippen molar-refractivity contribution in [1.82, 2.24) is 24.6 Å². The van der Waals surface area contributed by atoms with Gasteiger partial charge in [0.1, 0.15) is 24.3 Å². The van der Waals surface area contributed by atoms with Crippen molar-refractivity contribution in [3.63, 3.8) is 0 Å². The van der Waals surface area contributed by atoms with Crippen molar-refractivity contribution in [3.8, 4) is 0 Å². The Morgan fingerprint density at radius 3 is 2.43 bits per heavy atom. The van der Waals surface area contributed by atoms with E-state index in [0.29, 0.717) is 31.8 Å². The molecule has 3 fully saturated rings. The first-order chi connectivity index (χ1) is 14.4. The number of ether oxygens (including phenoxy) is 1. The van der Waals surface area contributed by atoms with Crippen LogP contribution in [0.3, 0.4) is 0 Å². The van der Waals surface area contributed by atoms with E-state index in [1.54, 1.807) is 4.68 Å². The largest absolute Gasteiger partial charge is 0.483 e. The van der Waals surface area contributed by atoms with Gasteiger partial charge in [-0.1, -0.05) is 0 Å². The molecule has 1 atom stereocenters. The summed E-state index contributed by atoms with van der Waals surface area (Å²) in [6, 6.07) is 0. The second kappa shape index (κ2) is 9.55. The van der Waals surface area contributed by atoms with Gasteiger partial charge in [0.15, 0.2) is 0 Å². The summed E-state index contributed by atoms with van der Waals surface area (Å²) in [5.41, 5.74) is -0.388. The van der Waals surface area contributed by atoms with E-state index in [2.05, 4.69) is 15.0 Å². The number of likely N-dealkylation sites (tertiary alicyclic amines) is 2. The van der Waals surface area contributed by atoms with E-state index in [4.69, 9.17) is 14.6 Å². The lowest BCUT2D eigenvalue weighted by molar-refractivity contribution is -0.153. The highest BCUT2D eigenvalue weighted by Crippen LogP contribution is 2.43. The van der Waals surface area contributed by atoms with Crippen LogP contribution in [0.15, 0.2) is 0 Å². The van der Waals surface area contributed by atoms with Gasteiger partial charge in [0.05, 0.1) is 5.41 Å². The maximum atomic E-state index is 12.6. The predicted octanol–water partition coefficient (Wildman–Crippen LogP) is 0.616. The van der Waals surface area contributed by atoms with Gasteiger partial charge in [0.2, 0.25) is 5.91 Å². The number of carboxylic acid groups (broad SMARTS) is 1. The normalized spacial score (nSPS) is 23.2. The van der Waals surface area contributed by atoms with Gasteiger partial charge in [-0.15, -0.1) is 0 Å². The number of aryl methyl sites for hydroxylation is 2. The minimum Gasteiger partial charge on any atom is -0.483 e. The molecule has 10 heteroatoms. The summed E-state index contributed by atoms with van der Waals surface area (Å²) in [4.78, 5) is 42.1. The average Bonchev–Trinajstić information content (AvgIpc) is 3.38. The Labute approximate surface area is 176 Å². The molecule has 0 saturated carbocycles. The van der Waals surface area contributed by atoms with Gasteiger partial charge in [-0.05, 0) is 52.6 Å². The SMILES string of the molecule is Cc1nc(C)n(CC(=O)N2CCC3(CC2)CC(CN2CCCC2)OC3=O)n1.O=CO. The number of piperidine rings is 1. The predicted molar refractivity (Wildman–Crippen MR) is 107 cm³/mol. The molecule has 0 bridgehead atoms. The van der Waals surface area contributed by atoms with Crippen molar-refractivity contribution in [2.45, 2.75) is 58.6 Å². The maximum absolute atomic E-state index is 12.6. The Morgan fingerprint density at radius 1 is 1.23 bits per heavy atom. The fourth-order valence-electron chi connectivity index (χ4n) is 4.72. The summed E-state index contributed by atoms with van der Waals surface area (Å²) >= 11 is 0. The van der Waals surface area contributed by atoms with Gasteiger partial charge >= 0.3 is 5.97 Å². The molecule has 1 aromatic rings. The number of esters is 1. The molecule has 10 nitrogen and oxygen atoms in total. The zero-order valence-electron chi connectivity index (χ0n) is 17.7. The number of hydrogen-bond donors (Lipinski definition) is 1. The van der Waals surface area contributed by atoms with E-state index in [9.17, 15) is 9.59 Å². The summed E-state index contributed by atoms with van der Waals surface area (Å²) in [5.74, 6) is 1.41. The van der Waals surface area contributed by atoms with Gasteiger partial charge in [0, 0.05) is 26.1 Å². The van der Waals surface area contributed by atoms with Crippen LogP contribution in [0.5, 0.6) is 0 Å². The van der Waals surface area contributed by atoms with Crippen LogP contribution < -0.4 is 0 Å². The molecule has 1 unspecified atom stereocenters. The molecule has 3 aliphatic heterocycles. The lowest BCUT2D eigenvalue weighted by Gasteiger charge is -2.36. The molecule has 4 heterocycles. The topological polar surface area (TPSA) is 118 Å². The summed E-state index contributed by atoms with van der Waals surface area (Å²) in [6.45, 7) is 7.95. The fraction of sp³-hybridized carbons (Fsp3) is 0.750. The summed E-state index contributed by atoms with van der Waals surface area (Å²) in [5, 5.41) is 11.2. The van der Waals surface area contributed by atoms with Crippen LogP contribution in [0.2, 0.25) is 0 Å². The summed E-state index contributed by atoms with van der Waals surface area (Å²) in [7, 11) is 0. The summed E-state index contributed by atoms with van der Waals surface area (Å²) in [6.07, 6.45) is 4.69. The van der Waals surface area contributed by atoms with Crippen LogP contribution in [0.25, 0.3) is 0 Å². The molecule has 30 heavy (non-hydrogen) atoms. The van der Waals surface area contributed by atoms with Gasteiger partial charge in [0.25, 0.3) is 6.47 Å². The van der Waals surface area contributed by atoms with Crippen molar-refractivity contribution in [1.29, 1.82) is 0 Å². The maximum Gasteiger partial charge on any atom is 0.312 e. The lowest BCUT2D eigenvalue weighted by atomic mass is 9.76. The van der Waals surface area contributed by atoms with Crippen LogP contribution in [-0.4, -0.2) is 86.8 Å². The number of cyclic esters (lactones) is 1.